The average Bonchev–Trinajstić information content (AvgIpc) is 0.867. The lowest BCUT2D eigenvalue weighted by Gasteiger charge is -2.25. The zero-order chi connectivity index (χ0) is 70.6. The van der Waals surface area contributed by atoms with Gasteiger partial charge < -0.3 is 57.6 Å². The topological polar surface area (TPSA) is 269 Å². The van der Waals surface area contributed by atoms with Crippen LogP contribution in [0.1, 0.15) is 117 Å². The normalized spacial score (nSPS) is 17.6. The molecule has 100 heavy (non-hydrogen) atoms. The molecular formula is C80H86O20. The Kier molecular flexibility index (Phi) is 27.3. The maximum absolute atomic E-state index is 12.7. The van der Waals surface area contributed by atoms with Gasteiger partial charge in [-0.05, 0) is 221 Å². The van der Waals surface area contributed by atoms with Crippen LogP contribution in [0.3, 0.4) is 0 Å². The van der Waals surface area contributed by atoms with Crippen molar-refractivity contribution in [1.82, 2.24) is 0 Å². The Bertz CT molecular complexity index is 3690. The van der Waals surface area contributed by atoms with E-state index in [-0.39, 0.29) is 112 Å². The first-order valence-corrected chi connectivity index (χ1v) is 33.3. The molecule has 0 radical (unpaired) electrons. The molecule has 0 heterocycles. The van der Waals surface area contributed by atoms with E-state index in [1.807, 2.05) is 60.7 Å². The molecule has 0 amide bonds. The van der Waals surface area contributed by atoms with Crippen molar-refractivity contribution in [2.24, 2.45) is 35.5 Å². The summed E-state index contributed by atoms with van der Waals surface area (Å²) in [5.41, 5.74) is 3.76. The molecule has 0 bridgehead atoms. The molecule has 0 aromatic heterocycles. The highest BCUT2D eigenvalue weighted by Gasteiger charge is 2.35. The number of aromatic hydroxyl groups is 2. The van der Waals surface area contributed by atoms with Gasteiger partial charge in [-0.15, -0.1) is 0 Å². The van der Waals surface area contributed by atoms with Crippen molar-refractivity contribution in [2.75, 3.05) is 0 Å². The summed E-state index contributed by atoms with van der Waals surface area (Å²) < 4.78 is 54.2. The van der Waals surface area contributed by atoms with Crippen LogP contribution in [0.25, 0.3) is 0 Å². The van der Waals surface area contributed by atoms with Gasteiger partial charge in [0.05, 0.1) is 35.5 Å². The summed E-state index contributed by atoms with van der Waals surface area (Å²) in [4.78, 5) is 96.7. The Labute approximate surface area is 584 Å². The maximum Gasteiger partial charge on any atom is 0.314 e. The fraction of sp³-hybridized carbons (Fsp3) is 0.300. The fourth-order valence-electron chi connectivity index (χ4n) is 11.3. The smallest absolute Gasteiger partial charge is 0.314 e. The molecule has 0 spiro atoms. The second-order valence-electron chi connectivity index (χ2n) is 24.5. The first-order chi connectivity index (χ1) is 48.4. The van der Waals surface area contributed by atoms with Crippen molar-refractivity contribution in [3.63, 3.8) is 0 Å². The number of carbonyl (C=O) groups excluding carboxylic acids is 8. The van der Waals surface area contributed by atoms with E-state index >= 15 is 0 Å². The molecule has 0 atom stereocenters. The summed E-state index contributed by atoms with van der Waals surface area (Å²) in [6.45, 7) is 3.97. The first kappa shape index (κ1) is 73.0. The summed E-state index contributed by atoms with van der Waals surface area (Å²) in [6, 6.07) is 59.5. The van der Waals surface area contributed by atoms with E-state index < -0.39 is 0 Å². The Morgan fingerprint density at radius 1 is 0.270 bits per heavy atom. The highest BCUT2D eigenvalue weighted by molar-refractivity contribution is 5.80. The van der Waals surface area contributed by atoms with Crippen LogP contribution in [0.15, 0.2) is 206 Å². The summed E-state index contributed by atoms with van der Waals surface area (Å²) in [6.07, 6.45) is 6.78. The van der Waals surface area contributed by atoms with Crippen molar-refractivity contribution < 1.29 is 100 Å². The van der Waals surface area contributed by atoms with E-state index in [9.17, 15) is 48.6 Å². The monoisotopic (exact) mass is 1370 g/mol. The van der Waals surface area contributed by atoms with Crippen molar-refractivity contribution in [2.45, 2.75) is 117 Å². The summed E-state index contributed by atoms with van der Waals surface area (Å²) in [5, 5.41) is 18.5. The third-order valence-electron chi connectivity index (χ3n) is 17.0. The Balaban J connectivity index is 0.000000244. The van der Waals surface area contributed by atoms with Crippen LogP contribution in [-0.2, 0) is 74.3 Å². The van der Waals surface area contributed by atoms with E-state index in [0.717, 1.165) is 22.3 Å². The molecule has 3 aliphatic carbocycles. The molecule has 11 rings (SSSR count). The van der Waals surface area contributed by atoms with E-state index in [2.05, 4.69) is 0 Å². The van der Waals surface area contributed by atoms with Crippen LogP contribution >= 0.6 is 0 Å². The zero-order valence-electron chi connectivity index (χ0n) is 55.7. The Morgan fingerprint density at radius 2 is 0.460 bits per heavy atom. The lowest BCUT2D eigenvalue weighted by molar-refractivity contribution is -0.145. The number of phenolic OH excluding ortho intramolecular Hbond substituents is 2. The highest BCUT2D eigenvalue weighted by Crippen LogP contribution is 2.36. The second kappa shape index (κ2) is 37.5. The van der Waals surface area contributed by atoms with Crippen molar-refractivity contribution in [3.05, 3.63) is 229 Å². The predicted molar refractivity (Wildman–Crippen MR) is 371 cm³/mol. The zero-order valence-corrected chi connectivity index (χ0v) is 55.7. The number of ether oxygens (including phenoxy) is 10. The predicted octanol–water partition coefficient (Wildman–Crippen LogP) is 15.4. The molecule has 20 nitrogen and oxygen atoms in total. The molecule has 8 aromatic rings. The number of hydrogen-bond acceptors (Lipinski definition) is 20. The highest BCUT2D eigenvalue weighted by atomic mass is 16.6. The molecule has 3 fully saturated rings. The van der Waals surface area contributed by atoms with E-state index in [4.69, 9.17) is 47.4 Å². The summed E-state index contributed by atoms with van der Waals surface area (Å²) in [7, 11) is 0. The molecule has 20 heteroatoms. The standard InChI is InChI=1S/C34H32O6.C26H28O8.C20H20O6.3H2/c35-33(39-31-19-15-29(16-20-31)37-23-25-7-3-1-4-8-25)27-11-13-28(14-12-27)34(36)40-32-21-17-30(18-22-32)38-24-26-9-5-2-6-10-26;1-17(27)31-15-19-3-11-23(12-4-19)33-25(29)21-7-9-22(10-8-21)26(30)34-24-13-5-20(6-14-24)16-32-18(2)28;21-15-5-9-17(10-6-15)25-19(23)13-1-2-14(4-3-13)20(24)26-18-11-7-16(22)8-12-18;;;/h1-10,15-22,27-28H,11-14,23-24H2;3-6,11-14,21-22H,7-10,15-16H2,1-2H3;5-14,21-22H,1-4H2;3*1H. The fourth-order valence-corrected chi connectivity index (χ4v) is 11.3. The quantitative estimate of drug-likeness (QED) is 0.0471. The van der Waals surface area contributed by atoms with Gasteiger partial charge in [0.1, 0.15) is 83.9 Å². The molecule has 526 valence electrons. The SMILES string of the molecule is CC(=O)OCc1ccc(OC(=O)C2CCC(C(=O)Oc3ccc(COC(C)=O)cc3)CC2)cc1.O=C(Oc1ccc(O)cc1)C1CCC(C(=O)Oc2ccc(O)cc2)CC1.O=C(Oc1ccc(OCc2ccccc2)cc1)C1CCC(C(=O)Oc2ccc(OCc3ccccc3)cc2)CC1.[HH].[HH].[HH]. The van der Waals surface area contributed by atoms with Crippen molar-refractivity contribution in [3.8, 4) is 57.5 Å². The number of phenols is 2. The lowest BCUT2D eigenvalue weighted by Crippen LogP contribution is -2.30. The van der Waals surface area contributed by atoms with Crippen LogP contribution in [0.4, 0.5) is 0 Å². The van der Waals surface area contributed by atoms with Crippen molar-refractivity contribution >= 4 is 47.8 Å². The van der Waals surface area contributed by atoms with Gasteiger partial charge in [0.25, 0.3) is 0 Å². The van der Waals surface area contributed by atoms with Gasteiger partial charge in [0, 0.05) is 18.1 Å². The molecule has 8 aromatic carbocycles. The second-order valence-corrected chi connectivity index (χ2v) is 24.5. The van der Waals surface area contributed by atoms with Gasteiger partial charge in [0.15, 0.2) is 0 Å². The first-order valence-electron chi connectivity index (χ1n) is 33.3. The molecule has 0 unspecified atom stereocenters. The Hall–Kier alpha value is -11.3. The average molecular weight is 1370 g/mol. The van der Waals surface area contributed by atoms with Crippen LogP contribution < -0.4 is 37.9 Å². The molecular weight excluding hydrogens is 1280 g/mol. The minimum atomic E-state index is -0.357. The molecule has 0 aliphatic heterocycles. The number of esters is 8. The minimum absolute atomic E-state index is 0. The van der Waals surface area contributed by atoms with E-state index in [1.54, 1.807) is 97.1 Å². The Morgan fingerprint density at radius 3 is 0.680 bits per heavy atom. The molecule has 3 aliphatic rings. The van der Waals surface area contributed by atoms with Crippen molar-refractivity contribution in [1.29, 1.82) is 0 Å². The third kappa shape index (κ3) is 24.1. The number of rotatable bonds is 22. The van der Waals surface area contributed by atoms with Gasteiger partial charge in [-0.1, -0.05) is 84.9 Å². The van der Waals surface area contributed by atoms with E-state index in [1.165, 1.54) is 62.4 Å². The lowest BCUT2D eigenvalue weighted by atomic mass is 9.82. The van der Waals surface area contributed by atoms with Gasteiger partial charge in [0.2, 0.25) is 0 Å². The van der Waals surface area contributed by atoms with Gasteiger partial charge >= 0.3 is 47.8 Å². The summed E-state index contributed by atoms with van der Waals surface area (Å²) >= 11 is 0. The molecule has 3 saturated carbocycles. The number of carbonyl (C=O) groups is 8. The van der Waals surface area contributed by atoms with Crippen LogP contribution in [0, 0.1) is 35.5 Å². The third-order valence-corrected chi connectivity index (χ3v) is 17.0. The van der Waals surface area contributed by atoms with E-state index in [0.29, 0.717) is 136 Å². The molecule has 0 saturated heterocycles. The number of benzene rings is 8. The van der Waals surface area contributed by atoms with Gasteiger partial charge in [-0.2, -0.15) is 0 Å². The van der Waals surface area contributed by atoms with Gasteiger partial charge in [-0.3, -0.25) is 38.4 Å². The molecule has 2 N–H and O–H groups in total. The van der Waals surface area contributed by atoms with Crippen LogP contribution in [-0.4, -0.2) is 58.0 Å². The minimum Gasteiger partial charge on any atom is -0.508 e. The largest absolute Gasteiger partial charge is 0.508 e. The van der Waals surface area contributed by atoms with Crippen LogP contribution in [0.5, 0.6) is 57.5 Å². The van der Waals surface area contributed by atoms with Gasteiger partial charge in [-0.25, -0.2) is 0 Å². The maximum atomic E-state index is 12.7. The van der Waals surface area contributed by atoms with Crippen LogP contribution in [0.2, 0.25) is 0 Å². The summed E-state index contributed by atoms with van der Waals surface area (Å²) in [5.74, 6) is 0.187. The number of hydrogen-bond donors (Lipinski definition) is 2.